The molecule has 0 saturated carbocycles. The number of amides is 1. The fraction of sp³-hybridized carbons (Fsp3) is 0.300. The number of carbonyl (C=O) groups is 2. The van der Waals surface area contributed by atoms with Crippen LogP contribution in [0.15, 0.2) is 48.5 Å². The monoisotopic (exact) mass is 338 g/mol. The van der Waals surface area contributed by atoms with E-state index in [2.05, 4.69) is 10.6 Å². The summed E-state index contributed by atoms with van der Waals surface area (Å²) >= 11 is 0. The Morgan fingerprint density at radius 3 is 2.40 bits per heavy atom. The van der Waals surface area contributed by atoms with Gasteiger partial charge in [-0.15, -0.1) is 0 Å². The molecule has 1 unspecified atom stereocenters. The molecule has 5 nitrogen and oxygen atoms in total. The predicted molar refractivity (Wildman–Crippen MR) is 95.6 cm³/mol. The number of hydrogen-bond donors (Lipinski definition) is 3. The van der Waals surface area contributed by atoms with E-state index in [1.807, 2.05) is 18.2 Å². The smallest absolute Gasteiger partial charge is 0.333 e. The van der Waals surface area contributed by atoms with Crippen LogP contribution in [0.2, 0.25) is 0 Å². The molecule has 5 heteroatoms. The van der Waals surface area contributed by atoms with Gasteiger partial charge in [-0.05, 0) is 61.7 Å². The lowest BCUT2D eigenvalue weighted by atomic mass is 9.91. The molecule has 1 atom stereocenters. The Labute approximate surface area is 147 Å². The number of fused-ring (bicyclic) bond motifs is 1. The van der Waals surface area contributed by atoms with Crippen molar-refractivity contribution in [3.8, 4) is 0 Å². The highest BCUT2D eigenvalue weighted by atomic mass is 16.4. The largest absolute Gasteiger partial charge is 0.479 e. The van der Waals surface area contributed by atoms with Crippen LogP contribution < -0.4 is 10.6 Å². The first-order valence-electron chi connectivity index (χ1n) is 8.44. The first kappa shape index (κ1) is 17.2. The standard InChI is InChI=1S/C20H22N2O3/c1-20(19(24)25,17-5-3-2-4-6-17)22-18(23)16-8-7-14-9-11-21-12-10-15(14)13-16/h2-8,13,21H,9-12H2,1H3,(H,22,23)(H,24,25). The molecule has 25 heavy (non-hydrogen) atoms. The van der Waals surface area contributed by atoms with Crippen molar-refractivity contribution in [1.29, 1.82) is 0 Å². The third-order valence-corrected chi connectivity index (χ3v) is 4.75. The van der Waals surface area contributed by atoms with E-state index in [-0.39, 0.29) is 5.91 Å². The Balaban J connectivity index is 1.87. The third-order valence-electron chi connectivity index (χ3n) is 4.75. The maximum absolute atomic E-state index is 12.7. The van der Waals surface area contributed by atoms with Gasteiger partial charge in [0.15, 0.2) is 5.54 Å². The van der Waals surface area contributed by atoms with Crippen LogP contribution in [0.4, 0.5) is 0 Å². The van der Waals surface area contributed by atoms with E-state index >= 15 is 0 Å². The lowest BCUT2D eigenvalue weighted by Crippen LogP contribution is -2.49. The molecule has 3 rings (SSSR count). The van der Waals surface area contributed by atoms with Crippen molar-refractivity contribution in [3.63, 3.8) is 0 Å². The van der Waals surface area contributed by atoms with Gasteiger partial charge in [0.25, 0.3) is 5.91 Å². The van der Waals surface area contributed by atoms with Crippen LogP contribution in [-0.4, -0.2) is 30.1 Å². The Morgan fingerprint density at radius 2 is 1.72 bits per heavy atom. The molecule has 0 saturated heterocycles. The zero-order valence-electron chi connectivity index (χ0n) is 14.2. The lowest BCUT2D eigenvalue weighted by molar-refractivity contribution is -0.144. The van der Waals surface area contributed by atoms with E-state index in [1.54, 1.807) is 30.3 Å². The number of aliphatic carboxylic acids is 1. The zero-order chi connectivity index (χ0) is 17.9. The number of carboxylic acids is 1. The van der Waals surface area contributed by atoms with Gasteiger partial charge in [-0.25, -0.2) is 4.79 Å². The number of hydrogen-bond acceptors (Lipinski definition) is 3. The second-order valence-electron chi connectivity index (χ2n) is 6.48. The van der Waals surface area contributed by atoms with E-state index in [0.29, 0.717) is 11.1 Å². The average molecular weight is 338 g/mol. The molecule has 0 spiro atoms. The van der Waals surface area contributed by atoms with Crippen molar-refractivity contribution in [2.45, 2.75) is 25.3 Å². The van der Waals surface area contributed by atoms with Gasteiger partial charge in [0.05, 0.1) is 0 Å². The van der Waals surface area contributed by atoms with E-state index < -0.39 is 11.5 Å². The molecule has 1 heterocycles. The molecule has 0 bridgehead atoms. The zero-order valence-corrected chi connectivity index (χ0v) is 14.2. The predicted octanol–water partition coefficient (Wildman–Crippen LogP) is 2.10. The molecule has 3 N–H and O–H groups in total. The number of rotatable bonds is 4. The molecule has 2 aromatic carbocycles. The van der Waals surface area contributed by atoms with Gasteiger partial charge in [-0.1, -0.05) is 36.4 Å². The molecule has 0 aromatic heterocycles. The quantitative estimate of drug-likeness (QED) is 0.798. The van der Waals surface area contributed by atoms with Crippen molar-refractivity contribution in [2.75, 3.05) is 13.1 Å². The molecule has 0 fully saturated rings. The summed E-state index contributed by atoms with van der Waals surface area (Å²) in [5, 5.41) is 15.7. The Bertz CT molecular complexity index is 789. The molecule has 0 aliphatic carbocycles. The van der Waals surface area contributed by atoms with Crippen molar-refractivity contribution >= 4 is 11.9 Å². The highest BCUT2D eigenvalue weighted by Crippen LogP contribution is 2.22. The summed E-state index contributed by atoms with van der Waals surface area (Å²) in [6, 6.07) is 14.4. The lowest BCUT2D eigenvalue weighted by Gasteiger charge is -2.27. The highest BCUT2D eigenvalue weighted by molar-refractivity contribution is 5.98. The molecule has 1 aliphatic rings. The SMILES string of the molecule is CC(NC(=O)c1ccc2c(c1)CCNCC2)(C(=O)O)c1ccccc1. The van der Waals surface area contributed by atoms with E-state index in [0.717, 1.165) is 31.5 Å². The fourth-order valence-corrected chi connectivity index (χ4v) is 3.13. The summed E-state index contributed by atoms with van der Waals surface area (Å²) < 4.78 is 0. The number of benzene rings is 2. The first-order chi connectivity index (χ1) is 12.0. The maximum Gasteiger partial charge on any atom is 0.333 e. The summed E-state index contributed by atoms with van der Waals surface area (Å²) in [6.45, 7) is 3.33. The summed E-state index contributed by atoms with van der Waals surface area (Å²) in [5.74, 6) is -1.47. The van der Waals surface area contributed by atoms with E-state index in [9.17, 15) is 14.7 Å². The fourth-order valence-electron chi connectivity index (χ4n) is 3.13. The molecule has 2 aromatic rings. The van der Waals surface area contributed by atoms with Gasteiger partial charge in [-0.3, -0.25) is 4.79 Å². The van der Waals surface area contributed by atoms with Crippen molar-refractivity contribution in [2.24, 2.45) is 0 Å². The van der Waals surface area contributed by atoms with Gasteiger partial charge < -0.3 is 15.7 Å². The molecular weight excluding hydrogens is 316 g/mol. The number of carbonyl (C=O) groups excluding carboxylic acids is 1. The van der Waals surface area contributed by atoms with Gasteiger partial charge in [0.2, 0.25) is 0 Å². The summed E-state index contributed by atoms with van der Waals surface area (Å²) in [6.07, 6.45) is 1.80. The van der Waals surface area contributed by atoms with Crippen molar-refractivity contribution < 1.29 is 14.7 Å². The van der Waals surface area contributed by atoms with Crippen molar-refractivity contribution in [3.05, 3.63) is 70.8 Å². The normalized spacial score (nSPS) is 16.2. The summed E-state index contributed by atoms with van der Waals surface area (Å²) in [7, 11) is 0. The second kappa shape index (κ2) is 7.07. The van der Waals surface area contributed by atoms with Crippen LogP contribution in [0.25, 0.3) is 0 Å². The van der Waals surface area contributed by atoms with Gasteiger partial charge in [0.1, 0.15) is 0 Å². The minimum absolute atomic E-state index is 0.381. The molecule has 130 valence electrons. The minimum atomic E-state index is -1.48. The second-order valence-corrected chi connectivity index (χ2v) is 6.48. The van der Waals surface area contributed by atoms with Gasteiger partial charge in [-0.2, -0.15) is 0 Å². The van der Waals surface area contributed by atoms with Crippen LogP contribution in [0, 0.1) is 0 Å². The Kier molecular flexibility index (Phi) is 4.86. The van der Waals surface area contributed by atoms with Crippen LogP contribution in [0.3, 0.4) is 0 Å². The molecule has 1 amide bonds. The summed E-state index contributed by atoms with van der Waals surface area (Å²) in [4.78, 5) is 24.6. The third kappa shape index (κ3) is 3.56. The number of carboxylic acid groups (broad SMARTS) is 1. The maximum atomic E-state index is 12.7. The highest BCUT2D eigenvalue weighted by Gasteiger charge is 2.37. The van der Waals surface area contributed by atoms with Crippen LogP contribution in [0.1, 0.15) is 34.0 Å². The van der Waals surface area contributed by atoms with Gasteiger partial charge in [0, 0.05) is 5.56 Å². The topological polar surface area (TPSA) is 78.4 Å². The van der Waals surface area contributed by atoms with Crippen molar-refractivity contribution in [1.82, 2.24) is 10.6 Å². The van der Waals surface area contributed by atoms with E-state index in [4.69, 9.17) is 0 Å². The first-order valence-corrected chi connectivity index (χ1v) is 8.44. The minimum Gasteiger partial charge on any atom is -0.479 e. The molecule has 0 radical (unpaired) electrons. The van der Waals surface area contributed by atoms with Gasteiger partial charge >= 0.3 is 5.97 Å². The number of nitrogens with one attached hydrogen (secondary N) is 2. The Hall–Kier alpha value is -2.66. The Morgan fingerprint density at radius 1 is 1.04 bits per heavy atom. The van der Waals surface area contributed by atoms with Crippen LogP contribution >= 0.6 is 0 Å². The average Bonchev–Trinajstić information content (AvgIpc) is 2.86. The summed E-state index contributed by atoms with van der Waals surface area (Å²) in [5.41, 5.74) is 1.94. The van der Waals surface area contributed by atoms with Crippen LogP contribution in [0.5, 0.6) is 0 Å². The molecule has 1 aliphatic heterocycles. The van der Waals surface area contributed by atoms with Crippen LogP contribution in [-0.2, 0) is 23.2 Å². The van der Waals surface area contributed by atoms with E-state index in [1.165, 1.54) is 12.5 Å². The molecular formula is C20H22N2O3.